The van der Waals surface area contributed by atoms with E-state index in [2.05, 4.69) is 24.2 Å². The minimum atomic E-state index is 0.765. The molecule has 0 saturated heterocycles. The molecule has 1 aromatic rings. The van der Waals surface area contributed by atoms with Crippen molar-refractivity contribution in [3.05, 3.63) is 52.1 Å². The minimum Gasteiger partial charge on any atom is -0.204 e. The van der Waals surface area contributed by atoms with Crippen LogP contribution in [-0.4, -0.2) is 0 Å². The van der Waals surface area contributed by atoms with Gasteiger partial charge in [0.1, 0.15) is 0 Å². The second-order valence-corrected chi connectivity index (χ2v) is 5.06. The molecular formula is C14H18N2S. The van der Waals surface area contributed by atoms with E-state index in [0.717, 1.165) is 16.2 Å². The molecule has 0 fully saturated rings. The Bertz CT molecular complexity index is 469. The average molecular weight is 246 g/mol. The molecule has 0 amide bonds. The number of benzene rings is 1. The van der Waals surface area contributed by atoms with Crippen molar-refractivity contribution >= 4 is 11.8 Å². The van der Waals surface area contributed by atoms with Gasteiger partial charge < -0.3 is 0 Å². The third kappa shape index (κ3) is 3.56. The van der Waals surface area contributed by atoms with Crippen molar-refractivity contribution in [2.24, 2.45) is 5.11 Å². The summed E-state index contributed by atoms with van der Waals surface area (Å²) in [6.07, 6.45) is 2.01. The molecule has 3 heteroatoms. The molecule has 0 unspecified atom stereocenters. The highest BCUT2D eigenvalue weighted by molar-refractivity contribution is 8.03. The summed E-state index contributed by atoms with van der Waals surface area (Å²) in [7, 11) is 0. The van der Waals surface area contributed by atoms with Crippen molar-refractivity contribution < 1.29 is 0 Å². The topological polar surface area (TPSA) is 36.2 Å². The second kappa shape index (κ2) is 6.40. The van der Waals surface area contributed by atoms with Gasteiger partial charge in [0.25, 0.3) is 0 Å². The van der Waals surface area contributed by atoms with Gasteiger partial charge in [0.15, 0.2) is 0 Å². The molecule has 0 heterocycles. The molecule has 1 N–H and O–H groups in total. The lowest BCUT2D eigenvalue weighted by atomic mass is 10.2. The Balaban J connectivity index is 3.05. The van der Waals surface area contributed by atoms with E-state index in [0.29, 0.717) is 0 Å². The maximum absolute atomic E-state index is 7.26. The van der Waals surface area contributed by atoms with Crippen molar-refractivity contribution in [2.45, 2.75) is 32.6 Å². The summed E-state index contributed by atoms with van der Waals surface area (Å²) in [5.41, 5.74) is 10.3. The van der Waals surface area contributed by atoms with Crippen LogP contribution in [0.4, 0.5) is 0 Å². The SMILES string of the molecule is C/C=C(/Sc1ccccc1C)C(N=N)=C(C)C. The van der Waals surface area contributed by atoms with Crippen molar-refractivity contribution in [1.29, 1.82) is 5.53 Å². The second-order valence-electron chi connectivity index (χ2n) is 3.98. The van der Waals surface area contributed by atoms with E-state index in [1.807, 2.05) is 39.0 Å². The van der Waals surface area contributed by atoms with Crippen molar-refractivity contribution in [3.63, 3.8) is 0 Å². The summed E-state index contributed by atoms with van der Waals surface area (Å²) in [6.45, 7) is 8.04. The first-order chi connectivity index (χ1) is 8.10. The Morgan fingerprint density at radius 3 is 2.41 bits per heavy atom. The van der Waals surface area contributed by atoms with E-state index in [1.165, 1.54) is 10.5 Å². The normalized spacial score (nSPS) is 11.2. The van der Waals surface area contributed by atoms with E-state index < -0.39 is 0 Å². The Hall–Kier alpha value is -1.35. The van der Waals surface area contributed by atoms with Crippen LogP contribution in [-0.2, 0) is 0 Å². The summed E-state index contributed by atoms with van der Waals surface area (Å²) >= 11 is 1.67. The molecule has 17 heavy (non-hydrogen) atoms. The predicted molar refractivity (Wildman–Crippen MR) is 74.3 cm³/mol. The number of nitrogens with one attached hydrogen (secondary N) is 1. The van der Waals surface area contributed by atoms with Gasteiger partial charge in [-0.2, -0.15) is 5.11 Å². The van der Waals surface area contributed by atoms with Gasteiger partial charge in [0, 0.05) is 9.80 Å². The third-order valence-electron chi connectivity index (χ3n) is 2.39. The van der Waals surface area contributed by atoms with Gasteiger partial charge in [-0.25, -0.2) is 5.53 Å². The summed E-state index contributed by atoms with van der Waals surface area (Å²) in [5, 5.41) is 3.63. The molecule has 1 rings (SSSR count). The fraction of sp³-hybridized carbons (Fsp3) is 0.286. The van der Waals surface area contributed by atoms with Crippen LogP contribution in [0, 0.1) is 12.5 Å². The Kier molecular flexibility index (Phi) is 5.16. The van der Waals surface area contributed by atoms with Crippen LogP contribution < -0.4 is 0 Å². The van der Waals surface area contributed by atoms with E-state index in [4.69, 9.17) is 5.53 Å². The van der Waals surface area contributed by atoms with Crippen LogP contribution in [0.1, 0.15) is 26.3 Å². The van der Waals surface area contributed by atoms with Crippen molar-refractivity contribution in [3.8, 4) is 0 Å². The van der Waals surface area contributed by atoms with Gasteiger partial charge in [0.2, 0.25) is 0 Å². The number of aryl methyl sites for hydroxylation is 1. The van der Waals surface area contributed by atoms with Crippen LogP contribution in [0.25, 0.3) is 0 Å². The van der Waals surface area contributed by atoms with Crippen molar-refractivity contribution in [1.82, 2.24) is 0 Å². The highest BCUT2D eigenvalue weighted by atomic mass is 32.2. The fourth-order valence-electron chi connectivity index (χ4n) is 1.45. The number of rotatable bonds is 4. The van der Waals surface area contributed by atoms with Crippen LogP contribution in [0.2, 0.25) is 0 Å². The van der Waals surface area contributed by atoms with Gasteiger partial charge in [-0.3, -0.25) is 0 Å². The molecule has 0 aliphatic rings. The number of allylic oxidation sites excluding steroid dienone is 2. The van der Waals surface area contributed by atoms with E-state index in [-0.39, 0.29) is 0 Å². The number of hydrogen-bond acceptors (Lipinski definition) is 3. The van der Waals surface area contributed by atoms with E-state index >= 15 is 0 Å². The zero-order valence-electron chi connectivity index (χ0n) is 10.7. The molecule has 0 aliphatic carbocycles. The summed E-state index contributed by atoms with van der Waals surface area (Å²) in [5.74, 6) is 0. The quantitative estimate of drug-likeness (QED) is 0.436. The molecule has 1 aromatic carbocycles. The molecule has 0 spiro atoms. The molecule has 2 nitrogen and oxygen atoms in total. The highest BCUT2D eigenvalue weighted by Crippen LogP contribution is 2.35. The maximum atomic E-state index is 7.26. The van der Waals surface area contributed by atoms with E-state index in [9.17, 15) is 0 Å². The van der Waals surface area contributed by atoms with Gasteiger partial charge in [-0.1, -0.05) is 36.0 Å². The molecule has 0 radical (unpaired) electrons. The average Bonchev–Trinajstić information content (AvgIpc) is 2.30. The molecule has 90 valence electrons. The summed E-state index contributed by atoms with van der Waals surface area (Å²) in [4.78, 5) is 2.25. The van der Waals surface area contributed by atoms with Crippen LogP contribution >= 0.6 is 11.8 Å². The maximum Gasteiger partial charge on any atom is 0.0972 e. The van der Waals surface area contributed by atoms with E-state index in [1.54, 1.807) is 11.8 Å². The predicted octanol–water partition coefficient (Wildman–Crippen LogP) is 5.32. The number of thioether (sulfide) groups is 1. The molecule has 0 atom stereocenters. The monoisotopic (exact) mass is 246 g/mol. The number of nitrogens with zero attached hydrogens (tertiary/aromatic N) is 1. The first kappa shape index (κ1) is 13.7. The van der Waals surface area contributed by atoms with Gasteiger partial charge in [-0.05, 0) is 44.9 Å². The van der Waals surface area contributed by atoms with Crippen LogP contribution in [0.15, 0.2) is 56.5 Å². The van der Waals surface area contributed by atoms with Gasteiger partial charge in [-0.15, -0.1) is 0 Å². The Morgan fingerprint density at radius 2 is 1.94 bits per heavy atom. The molecule has 0 saturated carbocycles. The zero-order chi connectivity index (χ0) is 12.8. The summed E-state index contributed by atoms with van der Waals surface area (Å²) in [6, 6.07) is 8.25. The smallest absolute Gasteiger partial charge is 0.0972 e. The fourth-order valence-corrected chi connectivity index (χ4v) is 2.52. The Labute approximate surface area is 107 Å². The highest BCUT2D eigenvalue weighted by Gasteiger charge is 2.08. The Morgan fingerprint density at radius 1 is 1.29 bits per heavy atom. The third-order valence-corrected chi connectivity index (χ3v) is 3.72. The molecule has 0 aliphatic heterocycles. The van der Waals surface area contributed by atoms with Crippen LogP contribution in [0.5, 0.6) is 0 Å². The first-order valence-electron chi connectivity index (χ1n) is 5.55. The standard InChI is InChI=1S/C14H18N2S/c1-5-12(14(16-15)10(2)3)17-13-9-7-6-8-11(13)4/h5-9,15H,1-4H3/b12-5+,16-15?. The molecule has 0 bridgehead atoms. The minimum absolute atomic E-state index is 0.765. The lowest BCUT2D eigenvalue weighted by molar-refractivity contribution is 1.05. The lowest BCUT2D eigenvalue weighted by Gasteiger charge is -2.10. The largest absolute Gasteiger partial charge is 0.204 e. The summed E-state index contributed by atoms with van der Waals surface area (Å²) < 4.78 is 0. The zero-order valence-corrected chi connectivity index (χ0v) is 11.6. The lowest BCUT2D eigenvalue weighted by Crippen LogP contribution is -1.87. The molecule has 0 aromatic heterocycles. The van der Waals surface area contributed by atoms with Crippen LogP contribution in [0.3, 0.4) is 0 Å². The first-order valence-corrected chi connectivity index (χ1v) is 6.37. The van der Waals surface area contributed by atoms with Gasteiger partial charge in [0.05, 0.1) is 5.70 Å². The van der Waals surface area contributed by atoms with Gasteiger partial charge >= 0.3 is 0 Å². The molecular weight excluding hydrogens is 228 g/mol. The van der Waals surface area contributed by atoms with Crippen molar-refractivity contribution in [2.75, 3.05) is 0 Å². The number of hydrogen-bond donors (Lipinski definition) is 1.